The average molecular weight is 448 g/mol. The molecule has 5 rings (SSSR count). The van der Waals surface area contributed by atoms with Crippen LogP contribution in [0.5, 0.6) is 5.75 Å². The van der Waals surface area contributed by atoms with Crippen molar-refractivity contribution >= 4 is 22.5 Å². The molecule has 1 aliphatic heterocycles. The van der Waals surface area contributed by atoms with E-state index in [0.29, 0.717) is 18.2 Å². The molecule has 3 aromatic rings. The van der Waals surface area contributed by atoms with Gasteiger partial charge in [-0.3, -0.25) is 4.79 Å². The Morgan fingerprint density at radius 2 is 1.91 bits per heavy atom. The summed E-state index contributed by atoms with van der Waals surface area (Å²) in [6.07, 6.45) is 7.53. The lowest BCUT2D eigenvalue weighted by Crippen LogP contribution is -2.25. The van der Waals surface area contributed by atoms with Gasteiger partial charge in [0.2, 0.25) is 0 Å². The second-order valence-corrected chi connectivity index (χ2v) is 9.28. The molecule has 0 unspecified atom stereocenters. The molecule has 0 bridgehead atoms. The molecule has 174 valence electrons. The van der Waals surface area contributed by atoms with E-state index in [9.17, 15) is 4.79 Å². The Morgan fingerprint density at radius 3 is 2.67 bits per heavy atom. The Balaban J connectivity index is 1.21. The molecule has 1 aliphatic carbocycles. The number of hydrogen-bond acceptors (Lipinski definition) is 4. The maximum Gasteiger partial charge on any atom is 0.255 e. The standard InChI is InChI=1S/C27H33N3O3/c1-18-25(13-10-20-15-22(29-26(18)20)16-28-21-5-2-3-6-21)30-27(31)19-8-11-23(12-9-19)33-17-24-7-4-14-32-24/h8-13,15,21,24,28-29H,2-7,14,16-17H2,1H3,(H,30,31)/t24-/m0/s1. The zero-order valence-corrected chi connectivity index (χ0v) is 19.3. The number of rotatable bonds is 8. The summed E-state index contributed by atoms with van der Waals surface area (Å²) in [6, 6.07) is 14.2. The number of hydrogen-bond donors (Lipinski definition) is 3. The summed E-state index contributed by atoms with van der Waals surface area (Å²) in [6.45, 7) is 4.27. The first-order valence-electron chi connectivity index (χ1n) is 12.2. The molecule has 2 fully saturated rings. The van der Waals surface area contributed by atoms with Crippen molar-refractivity contribution in [2.45, 2.75) is 64.1 Å². The number of carbonyl (C=O) groups excluding carboxylic acids is 1. The fraction of sp³-hybridized carbons (Fsp3) is 0.444. The van der Waals surface area contributed by atoms with Gasteiger partial charge in [0, 0.05) is 41.5 Å². The largest absolute Gasteiger partial charge is 0.491 e. The van der Waals surface area contributed by atoms with Crippen LogP contribution in [0.25, 0.3) is 10.9 Å². The van der Waals surface area contributed by atoms with Crippen LogP contribution in [-0.4, -0.2) is 36.3 Å². The number of H-pyrrole nitrogens is 1. The van der Waals surface area contributed by atoms with Crippen molar-refractivity contribution in [3.63, 3.8) is 0 Å². The molecule has 33 heavy (non-hydrogen) atoms. The third-order valence-electron chi connectivity index (χ3n) is 6.87. The number of aromatic nitrogens is 1. The molecular weight excluding hydrogens is 414 g/mol. The predicted molar refractivity (Wildman–Crippen MR) is 131 cm³/mol. The molecule has 3 N–H and O–H groups in total. The second kappa shape index (κ2) is 9.98. The highest BCUT2D eigenvalue weighted by Crippen LogP contribution is 2.27. The van der Waals surface area contributed by atoms with Crippen LogP contribution < -0.4 is 15.4 Å². The Hall–Kier alpha value is -2.83. The monoisotopic (exact) mass is 447 g/mol. The van der Waals surface area contributed by atoms with Gasteiger partial charge >= 0.3 is 0 Å². The molecule has 0 spiro atoms. The lowest BCUT2D eigenvalue weighted by atomic mass is 10.1. The fourth-order valence-electron chi connectivity index (χ4n) is 4.88. The first-order valence-corrected chi connectivity index (χ1v) is 12.2. The van der Waals surface area contributed by atoms with E-state index in [1.54, 1.807) is 12.1 Å². The lowest BCUT2D eigenvalue weighted by Gasteiger charge is -2.12. The van der Waals surface area contributed by atoms with Crippen molar-refractivity contribution in [1.29, 1.82) is 0 Å². The van der Waals surface area contributed by atoms with Gasteiger partial charge in [-0.15, -0.1) is 0 Å². The van der Waals surface area contributed by atoms with E-state index in [4.69, 9.17) is 9.47 Å². The Morgan fingerprint density at radius 1 is 1.09 bits per heavy atom. The molecule has 1 amide bonds. The summed E-state index contributed by atoms with van der Waals surface area (Å²) in [4.78, 5) is 16.4. The zero-order chi connectivity index (χ0) is 22.6. The Kier molecular flexibility index (Phi) is 6.65. The van der Waals surface area contributed by atoms with Gasteiger partial charge in [-0.2, -0.15) is 0 Å². The first kappa shape index (κ1) is 22.0. The first-order chi connectivity index (χ1) is 16.2. The van der Waals surface area contributed by atoms with Gasteiger partial charge < -0.3 is 25.1 Å². The molecule has 1 saturated heterocycles. The van der Waals surface area contributed by atoms with E-state index >= 15 is 0 Å². The van der Waals surface area contributed by atoms with Crippen molar-refractivity contribution in [3.05, 3.63) is 59.3 Å². The number of anilines is 1. The van der Waals surface area contributed by atoms with Crippen LogP contribution in [0.1, 0.15) is 60.1 Å². The van der Waals surface area contributed by atoms with Gasteiger partial charge in [0.05, 0.1) is 11.6 Å². The molecule has 1 saturated carbocycles. The summed E-state index contributed by atoms with van der Waals surface area (Å²) in [5.41, 5.74) is 4.73. The van der Waals surface area contributed by atoms with Crippen LogP contribution in [0.4, 0.5) is 5.69 Å². The van der Waals surface area contributed by atoms with E-state index < -0.39 is 0 Å². The van der Waals surface area contributed by atoms with Crippen LogP contribution in [0, 0.1) is 6.92 Å². The number of aryl methyl sites for hydroxylation is 1. The molecule has 2 aliphatic rings. The Labute approximate surface area is 195 Å². The minimum absolute atomic E-state index is 0.127. The molecular formula is C27H33N3O3. The van der Waals surface area contributed by atoms with Crippen molar-refractivity contribution in [2.24, 2.45) is 0 Å². The molecule has 2 heterocycles. The summed E-state index contributed by atoms with van der Waals surface area (Å²) in [5, 5.41) is 7.89. The van der Waals surface area contributed by atoms with E-state index in [2.05, 4.69) is 27.8 Å². The summed E-state index contributed by atoms with van der Waals surface area (Å²) >= 11 is 0. The minimum atomic E-state index is -0.127. The number of aromatic amines is 1. The summed E-state index contributed by atoms with van der Waals surface area (Å²) < 4.78 is 11.4. The predicted octanol–water partition coefficient (Wildman–Crippen LogP) is 5.32. The molecule has 2 aromatic carbocycles. The highest BCUT2D eigenvalue weighted by Gasteiger charge is 2.17. The van der Waals surface area contributed by atoms with Crippen LogP contribution >= 0.6 is 0 Å². The van der Waals surface area contributed by atoms with Crippen LogP contribution in [0.2, 0.25) is 0 Å². The van der Waals surface area contributed by atoms with Crippen molar-refractivity contribution < 1.29 is 14.3 Å². The number of carbonyl (C=O) groups is 1. The van der Waals surface area contributed by atoms with Gasteiger partial charge in [0.25, 0.3) is 5.91 Å². The molecule has 6 nitrogen and oxygen atoms in total. The number of nitrogens with one attached hydrogen (secondary N) is 3. The van der Waals surface area contributed by atoms with Crippen molar-refractivity contribution in [2.75, 3.05) is 18.5 Å². The SMILES string of the molecule is Cc1c(NC(=O)c2ccc(OC[C@@H]3CCCO3)cc2)ccc2cc(CNC3CCCC3)[nH]c12. The highest BCUT2D eigenvalue weighted by molar-refractivity contribution is 6.06. The van der Waals surface area contributed by atoms with Crippen LogP contribution in [-0.2, 0) is 11.3 Å². The van der Waals surface area contributed by atoms with Gasteiger partial charge in [0.1, 0.15) is 12.4 Å². The van der Waals surface area contributed by atoms with E-state index in [0.717, 1.165) is 48.5 Å². The van der Waals surface area contributed by atoms with E-state index in [1.807, 2.05) is 25.1 Å². The summed E-state index contributed by atoms with van der Waals surface area (Å²) in [7, 11) is 0. The van der Waals surface area contributed by atoms with E-state index in [1.165, 1.54) is 36.8 Å². The van der Waals surface area contributed by atoms with Crippen molar-refractivity contribution in [3.8, 4) is 5.75 Å². The average Bonchev–Trinajstić information content (AvgIpc) is 3.60. The molecule has 0 radical (unpaired) electrons. The molecule has 1 aromatic heterocycles. The van der Waals surface area contributed by atoms with Crippen LogP contribution in [0.3, 0.4) is 0 Å². The third kappa shape index (κ3) is 5.23. The van der Waals surface area contributed by atoms with Crippen molar-refractivity contribution in [1.82, 2.24) is 10.3 Å². The second-order valence-electron chi connectivity index (χ2n) is 9.28. The maximum absolute atomic E-state index is 12.8. The fourth-order valence-corrected chi connectivity index (χ4v) is 4.88. The molecule has 6 heteroatoms. The van der Waals surface area contributed by atoms with Gasteiger partial charge in [-0.25, -0.2) is 0 Å². The van der Waals surface area contributed by atoms with Gasteiger partial charge in [-0.05, 0) is 74.6 Å². The zero-order valence-electron chi connectivity index (χ0n) is 19.3. The maximum atomic E-state index is 12.8. The van der Waals surface area contributed by atoms with Gasteiger partial charge in [0.15, 0.2) is 0 Å². The number of benzene rings is 2. The third-order valence-corrected chi connectivity index (χ3v) is 6.87. The quantitative estimate of drug-likeness (QED) is 0.437. The topological polar surface area (TPSA) is 75.4 Å². The van der Waals surface area contributed by atoms with Crippen LogP contribution in [0.15, 0.2) is 42.5 Å². The lowest BCUT2D eigenvalue weighted by molar-refractivity contribution is 0.0679. The Bertz CT molecular complexity index is 1090. The van der Waals surface area contributed by atoms with E-state index in [-0.39, 0.29) is 12.0 Å². The highest BCUT2D eigenvalue weighted by atomic mass is 16.5. The number of amides is 1. The van der Waals surface area contributed by atoms with Gasteiger partial charge in [-0.1, -0.05) is 18.9 Å². The normalized spacial score (nSPS) is 18.8. The smallest absolute Gasteiger partial charge is 0.255 e. The minimum Gasteiger partial charge on any atom is -0.491 e. The number of ether oxygens (including phenoxy) is 2. The molecule has 1 atom stereocenters. The summed E-state index contributed by atoms with van der Waals surface area (Å²) in [5.74, 6) is 0.627. The number of fused-ring (bicyclic) bond motifs is 1.